The largest absolute Gasteiger partial charge is 0.310 e. The number of aryl methyl sites for hydroxylation is 1. The van der Waals surface area contributed by atoms with E-state index in [-0.39, 0.29) is 0 Å². The van der Waals surface area contributed by atoms with Gasteiger partial charge in [-0.15, -0.1) is 0 Å². The summed E-state index contributed by atoms with van der Waals surface area (Å²) in [6.45, 7) is 3.35. The van der Waals surface area contributed by atoms with Gasteiger partial charge in [-0.25, -0.2) is 0 Å². The standard InChI is InChI=1S/C19H25N/c1-2-20-19(14-8-3-4-9-14)18-16-12-11-13-7-5-6-10-15(13)17(16)18/h5-8,10,16-20H,2-4,9,11-12H2,1H3. The molecule has 3 aliphatic carbocycles. The summed E-state index contributed by atoms with van der Waals surface area (Å²) in [6, 6.07) is 9.82. The zero-order chi connectivity index (χ0) is 13.5. The molecule has 1 fully saturated rings. The molecule has 0 spiro atoms. The summed E-state index contributed by atoms with van der Waals surface area (Å²) in [7, 11) is 0. The molecule has 1 nitrogen and oxygen atoms in total. The van der Waals surface area contributed by atoms with E-state index in [9.17, 15) is 0 Å². The van der Waals surface area contributed by atoms with Crippen molar-refractivity contribution in [1.29, 1.82) is 0 Å². The van der Waals surface area contributed by atoms with Gasteiger partial charge in [0.25, 0.3) is 0 Å². The smallest absolute Gasteiger partial charge is 0.0316 e. The van der Waals surface area contributed by atoms with Crippen LogP contribution in [0.15, 0.2) is 35.9 Å². The van der Waals surface area contributed by atoms with Gasteiger partial charge in [-0.1, -0.05) is 42.8 Å². The van der Waals surface area contributed by atoms with Gasteiger partial charge in [-0.05, 0) is 67.5 Å². The third kappa shape index (κ3) is 1.95. The zero-order valence-corrected chi connectivity index (χ0v) is 12.4. The Labute approximate surface area is 122 Å². The number of rotatable bonds is 4. The van der Waals surface area contributed by atoms with Crippen molar-refractivity contribution in [3.8, 4) is 0 Å². The van der Waals surface area contributed by atoms with Crippen molar-refractivity contribution in [3.05, 3.63) is 47.0 Å². The van der Waals surface area contributed by atoms with Crippen molar-refractivity contribution in [3.63, 3.8) is 0 Å². The molecule has 1 heteroatoms. The lowest BCUT2D eigenvalue weighted by atomic mass is 9.92. The van der Waals surface area contributed by atoms with Crippen molar-refractivity contribution in [2.24, 2.45) is 11.8 Å². The van der Waals surface area contributed by atoms with Crippen LogP contribution in [0, 0.1) is 11.8 Å². The molecule has 1 aromatic rings. The number of hydrogen-bond donors (Lipinski definition) is 1. The highest BCUT2D eigenvalue weighted by atomic mass is 14.9. The van der Waals surface area contributed by atoms with Gasteiger partial charge in [-0.2, -0.15) is 0 Å². The molecule has 1 aromatic carbocycles. The summed E-state index contributed by atoms with van der Waals surface area (Å²) in [5, 5.41) is 3.81. The molecule has 0 bridgehead atoms. The first-order chi connectivity index (χ1) is 9.90. The molecule has 4 unspecified atom stereocenters. The molecular formula is C19H25N. The van der Waals surface area contributed by atoms with Gasteiger partial charge in [0.2, 0.25) is 0 Å². The van der Waals surface area contributed by atoms with Gasteiger partial charge < -0.3 is 5.32 Å². The topological polar surface area (TPSA) is 12.0 Å². The molecule has 0 amide bonds. The van der Waals surface area contributed by atoms with Crippen LogP contribution in [0.3, 0.4) is 0 Å². The van der Waals surface area contributed by atoms with E-state index in [1.54, 1.807) is 16.7 Å². The fraction of sp³-hybridized carbons (Fsp3) is 0.579. The number of likely N-dealkylation sites (N-methyl/N-ethyl adjacent to an activating group) is 1. The molecule has 106 valence electrons. The SMILES string of the molecule is CCNC(C1=CCCC1)C1C2CCc3ccccc3C21. The van der Waals surface area contributed by atoms with Crippen LogP contribution >= 0.6 is 0 Å². The first kappa shape index (κ1) is 12.6. The molecule has 0 aromatic heterocycles. The Hall–Kier alpha value is -1.08. The number of allylic oxidation sites excluding steroid dienone is 1. The van der Waals surface area contributed by atoms with Crippen molar-refractivity contribution in [1.82, 2.24) is 5.32 Å². The molecule has 0 radical (unpaired) electrons. The number of nitrogens with one attached hydrogen (secondary N) is 1. The minimum absolute atomic E-state index is 0.656. The van der Waals surface area contributed by atoms with Gasteiger partial charge in [-0.3, -0.25) is 0 Å². The average Bonchev–Trinajstić information content (AvgIpc) is 2.96. The first-order valence-corrected chi connectivity index (χ1v) is 8.40. The highest BCUT2D eigenvalue weighted by Gasteiger charge is 2.56. The molecule has 0 aliphatic heterocycles. The first-order valence-electron chi connectivity index (χ1n) is 8.40. The fourth-order valence-corrected chi connectivity index (χ4v) is 4.79. The van der Waals surface area contributed by atoms with E-state index in [0.29, 0.717) is 6.04 Å². The lowest BCUT2D eigenvalue weighted by Gasteiger charge is -2.20. The summed E-state index contributed by atoms with van der Waals surface area (Å²) in [4.78, 5) is 0. The maximum atomic E-state index is 3.81. The van der Waals surface area contributed by atoms with Crippen molar-refractivity contribution >= 4 is 0 Å². The zero-order valence-electron chi connectivity index (χ0n) is 12.4. The lowest BCUT2D eigenvalue weighted by Crippen LogP contribution is -2.33. The number of benzene rings is 1. The van der Waals surface area contributed by atoms with Gasteiger partial charge in [0, 0.05) is 6.04 Å². The quantitative estimate of drug-likeness (QED) is 0.812. The molecule has 20 heavy (non-hydrogen) atoms. The second-order valence-electron chi connectivity index (χ2n) is 6.71. The maximum Gasteiger partial charge on any atom is 0.0316 e. The highest BCUT2D eigenvalue weighted by Crippen LogP contribution is 2.62. The van der Waals surface area contributed by atoms with Gasteiger partial charge in [0.05, 0.1) is 0 Å². The number of hydrogen-bond acceptors (Lipinski definition) is 1. The summed E-state index contributed by atoms with van der Waals surface area (Å²) in [5.74, 6) is 2.64. The molecule has 1 saturated carbocycles. The van der Waals surface area contributed by atoms with Crippen molar-refractivity contribution in [2.75, 3.05) is 6.54 Å². The molecule has 4 rings (SSSR count). The van der Waals surface area contributed by atoms with Crippen molar-refractivity contribution < 1.29 is 0 Å². The summed E-state index contributed by atoms with van der Waals surface area (Å²) >= 11 is 0. The Morgan fingerprint density at radius 3 is 2.95 bits per heavy atom. The van der Waals surface area contributed by atoms with E-state index in [4.69, 9.17) is 0 Å². The maximum absolute atomic E-state index is 3.81. The Kier molecular flexibility index (Phi) is 3.18. The monoisotopic (exact) mass is 267 g/mol. The Morgan fingerprint density at radius 2 is 2.15 bits per heavy atom. The van der Waals surface area contributed by atoms with E-state index in [1.165, 1.54) is 32.1 Å². The van der Waals surface area contributed by atoms with Crippen LogP contribution in [0.1, 0.15) is 49.7 Å². The van der Waals surface area contributed by atoms with Gasteiger partial charge >= 0.3 is 0 Å². The van der Waals surface area contributed by atoms with Crippen molar-refractivity contribution in [2.45, 2.75) is 51.0 Å². The summed E-state index contributed by atoms with van der Waals surface area (Å²) < 4.78 is 0. The minimum Gasteiger partial charge on any atom is -0.310 e. The second-order valence-corrected chi connectivity index (χ2v) is 6.71. The van der Waals surface area contributed by atoms with Crippen LogP contribution in [0.5, 0.6) is 0 Å². The van der Waals surface area contributed by atoms with Crippen LogP contribution in [0.25, 0.3) is 0 Å². The third-order valence-electron chi connectivity index (χ3n) is 5.68. The fourth-order valence-electron chi connectivity index (χ4n) is 4.79. The van der Waals surface area contributed by atoms with Crippen LogP contribution in [-0.4, -0.2) is 12.6 Å². The minimum atomic E-state index is 0.656. The van der Waals surface area contributed by atoms with Gasteiger partial charge in [0.15, 0.2) is 0 Å². The summed E-state index contributed by atoms with van der Waals surface area (Å²) in [6.07, 6.45) is 9.22. The third-order valence-corrected chi connectivity index (χ3v) is 5.68. The predicted molar refractivity (Wildman–Crippen MR) is 83.9 cm³/mol. The van der Waals surface area contributed by atoms with E-state index in [2.05, 4.69) is 42.6 Å². The molecule has 0 saturated heterocycles. The normalized spacial score (nSPS) is 32.2. The average molecular weight is 267 g/mol. The van der Waals surface area contributed by atoms with Gasteiger partial charge in [0.1, 0.15) is 0 Å². The molecule has 0 heterocycles. The lowest BCUT2D eigenvalue weighted by molar-refractivity contribution is 0.486. The Morgan fingerprint density at radius 1 is 1.25 bits per heavy atom. The molecule has 1 N–H and O–H groups in total. The van der Waals surface area contributed by atoms with E-state index in [0.717, 1.165) is 24.3 Å². The number of fused-ring (bicyclic) bond motifs is 3. The predicted octanol–water partition coefficient (Wildman–Crippen LogP) is 4.05. The molecule has 3 aliphatic rings. The summed E-state index contributed by atoms with van der Waals surface area (Å²) in [5.41, 5.74) is 4.99. The highest BCUT2D eigenvalue weighted by molar-refractivity contribution is 5.41. The van der Waals surface area contributed by atoms with E-state index in [1.807, 2.05) is 0 Å². The van der Waals surface area contributed by atoms with E-state index >= 15 is 0 Å². The van der Waals surface area contributed by atoms with Crippen LogP contribution in [0.2, 0.25) is 0 Å². The van der Waals surface area contributed by atoms with Crippen LogP contribution in [-0.2, 0) is 6.42 Å². The van der Waals surface area contributed by atoms with Crippen LogP contribution < -0.4 is 5.32 Å². The Bertz CT molecular complexity index is 530. The Balaban J connectivity index is 1.61. The van der Waals surface area contributed by atoms with Crippen LogP contribution in [0.4, 0.5) is 0 Å². The molecule has 4 atom stereocenters. The molecular weight excluding hydrogens is 242 g/mol. The second kappa shape index (κ2) is 5.04. The van der Waals surface area contributed by atoms with E-state index < -0.39 is 0 Å².